The van der Waals surface area contributed by atoms with E-state index < -0.39 is 0 Å². The standard InChI is InChI=1S/C12H14N2OS/c1-9-7-11(16-12(15)14(3)4)6-5-10(9)8-13-2/h5-7H,8H2,1,3-4H3. The minimum absolute atomic E-state index is 0.0114. The van der Waals surface area contributed by atoms with E-state index in [0.29, 0.717) is 6.54 Å². The van der Waals surface area contributed by atoms with Gasteiger partial charge in [-0.1, -0.05) is 6.07 Å². The van der Waals surface area contributed by atoms with E-state index in [9.17, 15) is 4.79 Å². The minimum Gasteiger partial charge on any atom is -0.339 e. The van der Waals surface area contributed by atoms with Crippen molar-refractivity contribution in [3.63, 3.8) is 0 Å². The van der Waals surface area contributed by atoms with Crippen molar-refractivity contribution in [2.45, 2.75) is 18.4 Å². The van der Waals surface area contributed by atoms with Crippen molar-refractivity contribution in [1.29, 1.82) is 0 Å². The van der Waals surface area contributed by atoms with E-state index in [-0.39, 0.29) is 5.24 Å². The van der Waals surface area contributed by atoms with Crippen molar-refractivity contribution in [2.75, 3.05) is 14.1 Å². The normalized spacial score (nSPS) is 9.62. The zero-order chi connectivity index (χ0) is 12.1. The van der Waals surface area contributed by atoms with Gasteiger partial charge in [-0.3, -0.25) is 4.79 Å². The molecule has 0 bridgehead atoms. The Hall–Kier alpha value is -1.47. The fourth-order valence-corrected chi connectivity index (χ4v) is 1.94. The predicted octanol–water partition coefficient (Wildman–Crippen LogP) is 3.19. The summed E-state index contributed by atoms with van der Waals surface area (Å²) >= 11 is 1.20. The highest BCUT2D eigenvalue weighted by Crippen LogP contribution is 2.23. The molecule has 0 aliphatic rings. The van der Waals surface area contributed by atoms with Crippen LogP contribution in [0.2, 0.25) is 0 Å². The molecule has 1 amide bonds. The molecule has 0 heterocycles. The van der Waals surface area contributed by atoms with Crippen molar-refractivity contribution in [3.8, 4) is 0 Å². The molecule has 1 aromatic rings. The van der Waals surface area contributed by atoms with Crippen LogP contribution in [-0.2, 0) is 6.54 Å². The van der Waals surface area contributed by atoms with Gasteiger partial charge in [-0.25, -0.2) is 6.57 Å². The zero-order valence-corrected chi connectivity index (χ0v) is 10.5. The predicted molar refractivity (Wildman–Crippen MR) is 66.4 cm³/mol. The van der Waals surface area contributed by atoms with Crippen molar-refractivity contribution >= 4 is 17.0 Å². The van der Waals surface area contributed by atoms with Gasteiger partial charge in [0.25, 0.3) is 5.24 Å². The van der Waals surface area contributed by atoms with E-state index in [4.69, 9.17) is 6.57 Å². The maximum Gasteiger partial charge on any atom is 0.285 e. The van der Waals surface area contributed by atoms with E-state index >= 15 is 0 Å². The van der Waals surface area contributed by atoms with Crippen LogP contribution in [0.25, 0.3) is 4.85 Å². The van der Waals surface area contributed by atoms with Crippen LogP contribution in [0.5, 0.6) is 0 Å². The molecule has 0 fully saturated rings. The average molecular weight is 234 g/mol. The summed E-state index contributed by atoms with van der Waals surface area (Å²) in [6.07, 6.45) is 0. The molecular weight excluding hydrogens is 220 g/mol. The van der Waals surface area contributed by atoms with Crippen LogP contribution in [-0.4, -0.2) is 24.2 Å². The van der Waals surface area contributed by atoms with Crippen molar-refractivity contribution in [1.82, 2.24) is 4.90 Å². The summed E-state index contributed by atoms with van der Waals surface area (Å²) in [4.78, 5) is 17.3. The first-order chi connectivity index (χ1) is 7.54. The van der Waals surface area contributed by atoms with Gasteiger partial charge in [0.2, 0.25) is 6.54 Å². The second-order valence-electron chi connectivity index (χ2n) is 3.67. The summed E-state index contributed by atoms with van der Waals surface area (Å²) in [6, 6.07) is 5.75. The Kier molecular flexibility index (Phi) is 4.39. The number of aryl methyl sites for hydroxylation is 1. The molecule has 0 N–H and O–H groups in total. The Labute approximate surface area is 100 Å². The molecule has 0 radical (unpaired) electrons. The highest BCUT2D eigenvalue weighted by Gasteiger charge is 2.08. The summed E-state index contributed by atoms with van der Waals surface area (Å²) in [5.74, 6) is 0. The lowest BCUT2D eigenvalue weighted by Gasteiger charge is -2.09. The van der Waals surface area contributed by atoms with Gasteiger partial charge in [0.05, 0.1) is 0 Å². The first-order valence-electron chi connectivity index (χ1n) is 4.86. The Morgan fingerprint density at radius 1 is 1.50 bits per heavy atom. The molecule has 1 rings (SSSR count). The molecule has 0 saturated heterocycles. The first kappa shape index (κ1) is 12.6. The van der Waals surface area contributed by atoms with E-state index in [1.807, 2.05) is 25.1 Å². The Morgan fingerprint density at radius 3 is 2.69 bits per heavy atom. The van der Waals surface area contributed by atoms with Crippen LogP contribution in [0.1, 0.15) is 11.1 Å². The van der Waals surface area contributed by atoms with Gasteiger partial charge in [-0.15, -0.1) is 0 Å². The maximum atomic E-state index is 11.5. The van der Waals surface area contributed by atoms with Gasteiger partial charge in [-0.2, -0.15) is 0 Å². The molecular formula is C12H14N2OS. The molecule has 0 aliphatic heterocycles. The molecule has 1 aromatic carbocycles. The molecule has 0 atom stereocenters. The van der Waals surface area contributed by atoms with Gasteiger partial charge in [0.1, 0.15) is 0 Å². The molecule has 0 saturated carbocycles. The fourth-order valence-electron chi connectivity index (χ4n) is 1.19. The quantitative estimate of drug-likeness (QED) is 0.580. The number of hydrogen-bond donors (Lipinski definition) is 0. The van der Waals surface area contributed by atoms with Crippen LogP contribution in [0.4, 0.5) is 4.79 Å². The van der Waals surface area contributed by atoms with Crippen molar-refractivity contribution < 1.29 is 4.79 Å². The minimum atomic E-state index is 0.0114. The molecule has 0 aliphatic carbocycles. The second kappa shape index (κ2) is 5.57. The van der Waals surface area contributed by atoms with Gasteiger partial charge >= 0.3 is 0 Å². The van der Waals surface area contributed by atoms with Gasteiger partial charge in [0, 0.05) is 24.6 Å². The van der Waals surface area contributed by atoms with E-state index in [1.54, 1.807) is 19.0 Å². The number of nitrogens with zero attached hydrogens (tertiary/aromatic N) is 2. The van der Waals surface area contributed by atoms with Gasteiger partial charge in [-0.05, 0) is 36.4 Å². The van der Waals surface area contributed by atoms with Gasteiger partial charge < -0.3 is 9.74 Å². The number of benzene rings is 1. The summed E-state index contributed by atoms with van der Waals surface area (Å²) < 4.78 is 0. The van der Waals surface area contributed by atoms with E-state index in [2.05, 4.69) is 4.85 Å². The molecule has 84 valence electrons. The maximum absolute atomic E-state index is 11.5. The van der Waals surface area contributed by atoms with E-state index in [1.165, 1.54) is 11.8 Å². The molecule has 0 spiro atoms. The topological polar surface area (TPSA) is 24.7 Å². The highest BCUT2D eigenvalue weighted by atomic mass is 32.2. The third-order valence-electron chi connectivity index (χ3n) is 2.13. The first-order valence-corrected chi connectivity index (χ1v) is 5.68. The SMILES string of the molecule is [C-]#[N+]Cc1ccc(SC(=O)N(C)C)cc1C. The van der Waals surface area contributed by atoms with Crippen molar-refractivity contribution in [3.05, 3.63) is 40.7 Å². The van der Waals surface area contributed by atoms with Crippen LogP contribution >= 0.6 is 11.8 Å². The van der Waals surface area contributed by atoms with Crippen LogP contribution in [0, 0.1) is 13.5 Å². The largest absolute Gasteiger partial charge is 0.339 e. The number of thioether (sulfide) groups is 1. The number of carbonyl (C=O) groups excluding carboxylic acids is 1. The Balaban J connectivity index is 2.82. The number of amides is 1. The smallest absolute Gasteiger partial charge is 0.285 e. The highest BCUT2D eigenvalue weighted by molar-refractivity contribution is 8.13. The van der Waals surface area contributed by atoms with Crippen molar-refractivity contribution in [2.24, 2.45) is 0 Å². The third kappa shape index (κ3) is 3.28. The molecule has 16 heavy (non-hydrogen) atoms. The van der Waals surface area contributed by atoms with Crippen LogP contribution in [0.3, 0.4) is 0 Å². The molecule has 4 heteroatoms. The van der Waals surface area contributed by atoms with Crippen LogP contribution in [0.15, 0.2) is 23.1 Å². The lowest BCUT2D eigenvalue weighted by molar-refractivity contribution is 0.241. The fraction of sp³-hybridized carbons (Fsp3) is 0.333. The summed E-state index contributed by atoms with van der Waals surface area (Å²) in [5.41, 5.74) is 2.09. The van der Waals surface area contributed by atoms with Gasteiger partial charge in [0.15, 0.2) is 0 Å². The molecule has 3 nitrogen and oxygen atoms in total. The van der Waals surface area contributed by atoms with E-state index in [0.717, 1.165) is 16.0 Å². The number of hydrogen-bond acceptors (Lipinski definition) is 2. The Morgan fingerprint density at radius 2 is 2.19 bits per heavy atom. The summed E-state index contributed by atoms with van der Waals surface area (Å²) in [5, 5.41) is 0.0114. The third-order valence-corrected chi connectivity index (χ3v) is 3.16. The average Bonchev–Trinajstić information content (AvgIpc) is 2.22. The Bertz CT molecular complexity index is 435. The molecule has 0 unspecified atom stereocenters. The number of rotatable bonds is 2. The monoisotopic (exact) mass is 234 g/mol. The molecule has 0 aromatic heterocycles. The second-order valence-corrected chi connectivity index (χ2v) is 4.69. The van der Waals surface area contributed by atoms with Crippen LogP contribution < -0.4 is 0 Å². The zero-order valence-electron chi connectivity index (χ0n) is 9.65. The summed E-state index contributed by atoms with van der Waals surface area (Å²) in [6.45, 7) is 9.18. The lowest BCUT2D eigenvalue weighted by atomic mass is 10.1. The summed E-state index contributed by atoms with van der Waals surface area (Å²) in [7, 11) is 3.46. The number of carbonyl (C=O) groups is 1. The lowest BCUT2D eigenvalue weighted by Crippen LogP contribution is -2.16.